The SMILES string of the molecule is CCc1occc1C(=O)CCC(C)C. The number of ketones is 1. The summed E-state index contributed by atoms with van der Waals surface area (Å²) in [6.07, 6.45) is 3.97. The third kappa shape index (κ3) is 2.72. The minimum Gasteiger partial charge on any atom is -0.469 e. The van der Waals surface area contributed by atoms with E-state index in [1.54, 1.807) is 12.3 Å². The molecule has 0 radical (unpaired) electrons. The molecule has 1 aromatic heterocycles. The third-order valence-corrected chi connectivity index (χ3v) is 2.32. The minimum absolute atomic E-state index is 0.212. The molecule has 0 aliphatic carbocycles. The van der Waals surface area contributed by atoms with Crippen molar-refractivity contribution in [2.45, 2.75) is 40.0 Å². The predicted molar refractivity (Wildman–Crippen MR) is 56.5 cm³/mol. The van der Waals surface area contributed by atoms with E-state index >= 15 is 0 Å². The number of carbonyl (C=O) groups is 1. The molecule has 0 saturated carbocycles. The molecule has 1 heterocycles. The number of hydrogen-bond acceptors (Lipinski definition) is 2. The average Bonchev–Trinajstić information content (AvgIpc) is 2.61. The number of rotatable bonds is 5. The molecule has 1 rings (SSSR count). The second kappa shape index (κ2) is 4.99. The van der Waals surface area contributed by atoms with Crippen molar-refractivity contribution < 1.29 is 9.21 Å². The molecule has 1 aromatic rings. The van der Waals surface area contributed by atoms with Gasteiger partial charge in [0.15, 0.2) is 5.78 Å². The summed E-state index contributed by atoms with van der Waals surface area (Å²) in [5.41, 5.74) is 0.771. The van der Waals surface area contributed by atoms with E-state index < -0.39 is 0 Å². The maximum Gasteiger partial charge on any atom is 0.166 e. The molecular weight excluding hydrogens is 176 g/mol. The summed E-state index contributed by atoms with van der Waals surface area (Å²) in [5, 5.41) is 0. The Hall–Kier alpha value is -1.05. The maximum atomic E-state index is 11.7. The highest BCUT2D eigenvalue weighted by molar-refractivity contribution is 5.96. The Labute approximate surface area is 85.3 Å². The zero-order valence-electron chi connectivity index (χ0n) is 9.17. The van der Waals surface area contributed by atoms with Gasteiger partial charge in [-0.2, -0.15) is 0 Å². The lowest BCUT2D eigenvalue weighted by molar-refractivity contribution is 0.0973. The Kier molecular flexibility index (Phi) is 3.93. The second-order valence-corrected chi connectivity index (χ2v) is 3.97. The molecule has 0 aromatic carbocycles. The van der Waals surface area contributed by atoms with Crippen LogP contribution < -0.4 is 0 Å². The van der Waals surface area contributed by atoms with Gasteiger partial charge >= 0.3 is 0 Å². The molecular formula is C12H18O2. The first-order valence-electron chi connectivity index (χ1n) is 5.24. The molecule has 0 atom stereocenters. The fourth-order valence-electron chi connectivity index (χ4n) is 1.42. The van der Waals surface area contributed by atoms with Crippen LogP contribution in [0.2, 0.25) is 0 Å². The quantitative estimate of drug-likeness (QED) is 0.672. The van der Waals surface area contributed by atoms with Gasteiger partial charge in [-0.25, -0.2) is 0 Å². The van der Waals surface area contributed by atoms with Crippen LogP contribution in [0.25, 0.3) is 0 Å². The van der Waals surface area contributed by atoms with Gasteiger partial charge in [0.25, 0.3) is 0 Å². The fourth-order valence-corrected chi connectivity index (χ4v) is 1.42. The van der Waals surface area contributed by atoms with Crippen molar-refractivity contribution in [2.24, 2.45) is 5.92 Å². The average molecular weight is 194 g/mol. The second-order valence-electron chi connectivity index (χ2n) is 3.97. The van der Waals surface area contributed by atoms with Crippen LogP contribution in [0.5, 0.6) is 0 Å². The first-order chi connectivity index (χ1) is 6.65. The van der Waals surface area contributed by atoms with Crippen LogP contribution in [0.4, 0.5) is 0 Å². The molecule has 2 heteroatoms. The summed E-state index contributed by atoms with van der Waals surface area (Å²) in [6, 6.07) is 1.78. The van der Waals surface area contributed by atoms with E-state index in [1.165, 1.54) is 0 Å². The number of hydrogen-bond donors (Lipinski definition) is 0. The van der Waals surface area contributed by atoms with Crippen LogP contribution in [0, 0.1) is 5.92 Å². The summed E-state index contributed by atoms with van der Waals surface area (Å²) < 4.78 is 5.22. The van der Waals surface area contributed by atoms with E-state index in [9.17, 15) is 4.79 Å². The van der Waals surface area contributed by atoms with E-state index in [2.05, 4.69) is 13.8 Å². The Morgan fingerprint density at radius 1 is 1.50 bits per heavy atom. The lowest BCUT2D eigenvalue weighted by Gasteiger charge is -2.03. The summed E-state index contributed by atoms with van der Waals surface area (Å²) in [7, 11) is 0. The lowest BCUT2D eigenvalue weighted by atomic mass is 10.0. The van der Waals surface area contributed by atoms with Crippen LogP contribution in [-0.4, -0.2) is 5.78 Å². The highest BCUT2D eigenvalue weighted by Gasteiger charge is 2.13. The van der Waals surface area contributed by atoms with E-state index in [4.69, 9.17) is 4.42 Å². The van der Waals surface area contributed by atoms with Crippen molar-refractivity contribution in [3.8, 4) is 0 Å². The summed E-state index contributed by atoms with van der Waals surface area (Å²) >= 11 is 0. The van der Waals surface area contributed by atoms with E-state index in [-0.39, 0.29) is 5.78 Å². The Morgan fingerprint density at radius 2 is 2.21 bits per heavy atom. The largest absolute Gasteiger partial charge is 0.469 e. The van der Waals surface area contributed by atoms with Gasteiger partial charge < -0.3 is 4.42 Å². The van der Waals surface area contributed by atoms with Crippen molar-refractivity contribution >= 4 is 5.78 Å². The van der Waals surface area contributed by atoms with Gasteiger partial charge in [-0.05, 0) is 18.4 Å². The maximum absolute atomic E-state index is 11.7. The van der Waals surface area contributed by atoms with Gasteiger partial charge in [0.1, 0.15) is 5.76 Å². The molecule has 14 heavy (non-hydrogen) atoms. The summed E-state index contributed by atoms with van der Waals surface area (Å²) in [4.78, 5) is 11.7. The fraction of sp³-hybridized carbons (Fsp3) is 0.583. The first-order valence-corrected chi connectivity index (χ1v) is 5.24. The van der Waals surface area contributed by atoms with Crippen molar-refractivity contribution in [1.29, 1.82) is 0 Å². The van der Waals surface area contributed by atoms with Gasteiger partial charge in [-0.15, -0.1) is 0 Å². The van der Waals surface area contributed by atoms with Gasteiger partial charge in [-0.3, -0.25) is 4.79 Å². The number of carbonyl (C=O) groups excluding carboxylic acids is 1. The molecule has 0 N–H and O–H groups in total. The van der Waals surface area contributed by atoms with Gasteiger partial charge in [0, 0.05) is 12.8 Å². The Balaban J connectivity index is 2.60. The zero-order valence-corrected chi connectivity index (χ0v) is 9.17. The number of Topliss-reactive ketones (excluding diaryl/α,β-unsaturated/α-hetero) is 1. The van der Waals surface area contributed by atoms with Crippen molar-refractivity contribution in [3.05, 3.63) is 23.7 Å². The van der Waals surface area contributed by atoms with Crippen LogP contribution in [0.3, 0.4) is 0 Å². The van der Waals surface area contributed by atoms with Crippen molar-refractivity contribution in [3.63, 3.8) is 0 Å². The Morgan fingerprint density at radius 3 is 2.79 bits per heavy atom. The highest BCUT2D eigenvalue weighted by Crippen LogP contribution is 2.16. The van der Waals surface area contributed by atoms with Gasteiger partial charge in [-0.1, -0.05) is 20.8 Å². The standard InChI is InChI=1S/C12H18O2/c1-4-12-10(7-8-14-12)11(13)6-5-9(2)3/h7-9H,4-6H2,1-3H3. The van der Waals surface area contributed by atoms with Gasteiger partial charge in [0.05, 0.1) is 11.8 Å². The van der Waals surface area contributed by atoms with E-state index in [1.807, 2.05) is 6.92 Å². The van der Waals surface area contributed by atoms with Crippen molar-refractivity contribution in [1.82, 2.24) is 0 Å². The molecule has 0 unspecified atom stereocenters. The number of furan rings is 1. The highest BCUT2D eigenvalue weighted by atomic mass is 16.3. The molecule has 0 saturated heterocycles. The molecule has 0 fully saturated rings. The Bertz CT molecular complexity index is 297. The first kappa shape index (κ1) is 11.0. The predicted octanol–water partition coefficient (Wildman–Crippen LogP) is 3.46. The van der Waals surface area contributed by atoms with Crippen LogP contribution in [0.1, 0.15) is 49.7 Å². The van der Waals surface area contributed by atoms with Crippen LogP contribution in [-0.2, 0) is 6.42 Å². The van der Waals surface area contributed by atoms with Crippen molar-refractivity contribution in [2.75, 3.05) is 0 Å². The molecule has 78 valence electrons. The number of aryl methyl sites for hydroxylation is 1. The molecule has 2 nitrogen and oxygen atoms in total. The van der Waals surface area contributed by atoms with Crippen LogP contribution >= 0.6 is 0 Å². The van der Waals surface area contributed by atoms with E-state index in [0.717, 1.165) is 24.2 Å². The van der Waals surface area contributed by atoms with E-state index in [0.29, 0.717) is 12.3 Å². The van der Waals surface area contributed by atoms with Gasteiger partial charge in [0.2, 0.25) is 0 Å². The molecule has 0 aliphatic rings. The molecule has 0 amide bonds. The third-order valence-electron chi connectivity index (χ3n) is 2.32. The molecule has 0 bridgehead atoms. The monoisotopic (exact) mass is 194 g/mol. The lowest BCUT2D eigenvalue weighted by Crippen LogP contribution is -2.02. The van der Waals surface area contributed by atoms with Crippen LogP contribution in [0.15, 0.2) is 16.7 Å². The smallest absolute Gasteiger partial charge is 0.166 e. The molecule has 0 aliphatic heterocycles. The normalized spacial score (nSPS) is 10.9. The minimum atomic E-state index is 0.212. The summed E-state index contributed by atoms with van der Waals surface area (Å²) in [6.45, 7) is 6.25. The summed E-state index contributed by atoms with van der Waals surface area (Å²) in [5.74, 6) is 1.61. The zero-order chi connectivity index (χ0) is 10.6. The molecule has 0 spiro atoms. The topological polar surface area (TPSA) is 30.2 Å².